The van der Waals surface area contributed by atoms with E-state index in [-0.39, 0.29) is 5.69 Å². The maximum Gasteiger partial charge on any atom is 0.331 e. The summed E-state index contributed by atoms with van der Waals surface area (Å²) in [7, 11) is 1.77. The van der Waals surface area contributed by atoms with Gasteiger partial charge in [-0.3, -0.25) is 14.1 Å². The molecule has 1 aliphatic carbocycles. The van der Waals surface area contributed by atoms with Crippen molar-refractivity contribution < 1.29 is 9.47 Å². The number of aromatic nitrogens is 4. The predicted molar refractivity (Wildman–Crippen MR) is 139 cm³/mol. The largest absolute Gasteiger partial charge is 0.478 e. The van der Waals surface area contributed by atoms with E-state index < -0.39 is 6.23 Å². The summed E-state index contributed by atoms with van der Waals surface area (Å²) in [6.45, 7) is 6.14. The Kier molecular flexibility index (Phi) is 4.90. The Morgan fingerprint density at radius 3 is 2.67 bits per heavy atom. The topological polar surface area (TPSA) is 74.4 Å². The van der Waals surface area contributed by atoms with Crippen LogP contribution < -0.4 is 15.2 Å². The normalized spacial score (nSPS) is 20.3. The van der Waals surface area contributed by atoms with Gasteiger partial charge in [-0.05, 0) is 75.7 Å². The van der Waals surface area contributed by atoms with Crippen LogP contribution >= 0.6 is 0 Å². The fourth-order valence-corrected chi connectivity index (χ4v) is 6.01. The molecule has 8 heteroatoms. The van der Waals surface area contributed by atoms with Crippen LogP contribution in [0.4, 0.5) is 0 Å². The number of likely N-dealkylation sites (tertiary alicyclic amines) is 1. The molecular weight excluding hydrogens is 454 g/mol. The Hall–Kier alpha value is -3.39. The lowest BCUT2D eigenvalue weighted by molar-refractivity contribution is 0.151. The first-order valence-electron chi connectivity index (χ1n) is 13.0. The third-order valence-electron chi connectivity index (χ3n) is 8.48. The molecule has 186 valence electrons. The van der Waals surface area contributed by atoms with Crippen molar-refractivity contribution in [2.75, 3.05) is 26.2 Å². The Morgan fingerprint density at radius 1 is 1.08 bits per heavy atom. The van der Waals surface area contributed by atoms with E-state index in [1.807, 2.05) is 37.4 Å². The molecule has 0 bridgehead atoms. The number of benzene rings is 1. The van der Waals surface area contributed by atoms with Gasteiger partial charge < -0.3 is 14.4 Å². The van der Waals surface area contributed by atoms with Crippen LogP contribution in [0, 0.1) is 5.41 Å². The minimum Gasteiger partial charge on any atom is -0.478 e. The molecular formula is C28H31N5O3. The minimum atomic E-state index is -0.411. The highest BCUT2D eigenvalue weighted by atomic mass is 16.5. The zero-order chi connectivity index (χ0) is 24.4. The lowest BCUT2D eigenvalue weighted by atomic mass is 9.94. The highest BCUT2D eigenvalue weighted by molar-refractivity contribution is 6.09. The zero-order valence-electron chi connectivity index (χ0n) is 20.9. The highest BCUT2D eigenvalue weighted by Crippen LogP contribution is 2.53. The zero-order valence-corrected chi connectivity index (χ0v) is 20.9. The molecule has 2 fully saturated rings. The van der Waals surface area contributed by atoms with Gasteiger partial charge in [-0.1, -0.05) is 0 Å². The van der Waals surface area contributed by atoms with Crippen molar-refractivity contribution in [2.24, 2.45) is 12.5 Å². The van der Waals surface area contributed by atoms with Crippen molar-refractivity contribution in [1.82, 2.24) is 24.0 Å². The molecule has 1 saturated carbocycles. The highest BCUT2D eigenvalue weighted by Gasteiger charge is 2.44. The van der Waals surface area contributed by atoms with Gasteiger partial charge in [-0.25, -0.2) is 9.78 Å². The van der Waals surface area contributed by atoms with E-state index in [0.29, 0.717) is 12.5 Å². The van der Waals surface area contributed by atoms with Crippen molar-refractivity contribution in [3.8, 4) is 22.8 Å². The lowest BCUT2D eigenvalue weighted by Crippen LogP contribution is -2.35. The summed E-state index contributed by atoms with van der Waals surface area (Å²) in [6.07, 6.45) is 9.85. The number of hydrogen-bond donors (Lipinski definition) is 0. The van der Waals surface area contributed by atoms with Gasteiger partial charge in [0.2, 0.25) is 5.88 Å². The summed E-state index contributed by atoms with van der Waals surface area (Å²) in [5, 5.41) is 0.867. The maximum absolute atomic E-state index is 12.8. The molecule has 0 radical (unpaired) electrons. The molecule has 1 spiro atoms. The molecule has 1 saturated heterocycles. The Morgan fingerprint density at radius 2 is 1.92 bits per heavy atom. The molecule has 3 aliphatic rings. The standard InChI is InChI=1S/C28H31N5O3/c1-18-33-25-22(31(2)27(33)34)17-29-21-6-5-20(26(36-18)24(21)25)19-4-7-23(30-16-19)35-15-3-12-32-13-10-28(8-9-28)11-14-32/h4-7,16-18H,3,8-15H2,1-2H3/t18-/m1/s1. The second-order valence-corrected chi connectivity index (χ2v) is 10.7. The van der Waals surface area contributed by atoms with Gasteiger partial charge in [0.1, 0.15) is 5.75 Å². The monoisotopic (exact) mass is 485 g/mol. The van der Waals surface area contributed by atoms with Gasteiger partial charge in [-0.15, -0.1) is 0 Å². The predicted octanol–water partition coefficient (Wildman–Crippen LogP) is 4.51. The smallest absolute Gasteiger partial charge is 0.331 e. The summed E-state index contributed by atoms with van der Waals surface area (Å²) < 4.78 is 15.6. The number of piperidine rings is 1. The van der Waals surface area contributed by atoms with Gasteiger partial charge in [0.15, 0.2) is 6.23 Å². The van der Waals surface area contributed by atoms with E-state index in [9.17, 15) is 4.79 Å². The number of pyridine rings is 2. The molecule has 7 rings (SSSR count). The molecule has 4 aromatic rings. The molecule has 1 aromatic carbocycles. The first-order chi connectivity index (χ1) is 17.5. The van der Waals surface area contributed by atoms with Crippen molar-refractivity contribution in [1.29, 1.82) is 0 Å². The van der Waals surface area contributed by atoms with E-state index in [1.165, 1.54) is 38.8 Å². The molecule has 0 amide bonds. The third kappa shape index (κ3) is 3.42. The number of aryl methyl sites for hydroxylation is 1. The van der Waals surface area contributed by atoms with Crippen LogP contribution in [-0.2, 0) is 7.05 Å². The first-order valence-corrected chi connectivity index (χ1v) is 13.0. The third-order valence-corrected chi connectivity index (χ3v) is 8.48. The Bertz CT molecular complexity index is 1520. The van der Waals surface area contributed by atoms with Crippen LogP contribution in [0.15, 0.2) is 41.5 Å². The average molecular weight is 486 g/mol. The van der Waals surface area contributed by atoms with Gasteiger partial charge >= 0.3 is 5.69 Å². The van der Waals surface area contributed by atoms with Crippen LogP contribution in [-0.4, -0.2) is 50.2 Å². The molecule has 3 aromatic heterocycles. The van der Waals surface area contributed by atoms with E-state index in [2.05, 4.69) is 14.9 Å². The minimum absolute atomic E-state index is 0.0989. The van der Waals surface area contributed by atoms with E-state index in [4.69, 9.17) is 9.47 Å². The summed E-state index contributed by atoms with van der Waals surface area (Å²) >= 11 is 0. The fourth-order valence-electron chi connectivity index (χ4n) is 6.01. The second kappa shape index (κ2) is 8.06. The van der Waals surface area contributed by atoms with Gasteiger partial charge in [0.05, 0.1) is 34.7 Å². The van der Waals surface area contributed by atoms with Crippen molar-refractivity contribution in [3.05, 3.63) is 47.1 Å². The maximum atomic E-state index is 12.8. The molecule has 36 heavy (non-hydrogen) atoms. The SMILES string of the molecule is C[C@H]1Oc2c(-c3ccc(OCCCN4CCC5(CC4)CC5)nc3)ccc3ncc4c(c23)n1c(=O)n4C. The van der Waals surface area contributed by atoms with Crippen molar-refractivity contribution in [3.63, 3.8) is 0 Å². The fraction of sp³-hybridized carbons (Fsp3) is 0.464. The summed E-state index contributed by atoms with van der Waals surface area (Å²) in [5.74, 6) is 1.38. The number of imidazole rings is 1. The Labute approximate surface area is 209 Å². The van der Waals surface area contributed by atoms with Gasteiger partial charge in [0.25, 0.3) is 0 Å². The summed E-state index contributed by atoms with van der Waals surface area (Å²) in [6, 6.07) is 7.94. The average Bonchev–Trinajstić information content (AvgIpc) is 3.60. The number of hydrogen-bond acceptors (Lipinski definition) is 6. The van der Waals surface area contributed by atoms with Crippen molar-refractivity contribution in [2.45, 2.75) is 45.3 Å². The summed E-state index contributed by atoms with van der Waals surface area (Å²) in [4.78, 5) is 24.5. The van der Waals surface area contributed by atoms with Crippen LogP contribution in [0.1, 0.15) is 45.3 Å². The Balaban J connectivity index is 1.09. The molecule has 0 N–H and O–H groups in total. The lowest BCUT2D eigenvalue weighted by Gasteiger charge is -2.31. The van der Waals surface area contributed by atoms with Crippen molar-refractivity contribution >= 4 is 21.9 Å². The summed E-state index contributed by atoms with van der Waals surface area (Å²) in [5.41, 5.74) is 4.99. The van der Waals surface area contributed by atoms with Gasteiger partial charge in [-0.2, -0.15) is 0 Å². The van der Waals surface area contributed by atoms with E-state index in [1.54, 1.807) is 22.4 Å². The van der Waals surface area contributed by atoms with Crippen LogP contribution in [0.25, 0.3) is 33.1 Å². The van der Waals surface area contributed by atoms with Crippen LogP contribution in [0.5, 0.6) is 11.6 Å². The number of rotatable bonds is 6. The van der Waals surface area contributed by atoms with Crippen LogP contribution in [0.3, 0.4) is 0 Å². The quantitative estimate of drug-likeness (QED) is 0.374. The van der Waals surface area contributed by atoms with Crippen LogP contribution in [0.2, 0.25) is 0 Å². The number of ether oxygens (including phenoxy) is 2. The van der Waals surface area contributed by atoms with E-state index in [0.717, 1.165) is 57.2 Å². The molecule has 2 aliphatic heterocycles. The molecule has 1 atom stereocenters. The molecule has 0 unspecified atom stereocenters. The van der Waals surface area contributed by atoms with E-state index >= 15 is 0 Å². The number of nitrogens with zero attached hydrogens (tertiary/aromatic N) is 5. The molecule has 5 heterocycles. The second-order valence-electron chi connectivity index (χ2n) is 10.7. The molecule has 8 nitrogen and oxygen atoms in total. The first kappa shape index (κ1) is 21.9. The van der Waals surface area contributed by atoms with Gasteiger partial charge in [0, 0.05) is 37.0 Å².